The standard InChI is InChI=1S/C25H18ClF11O2/c1-12(6-15(38)11-23(29,30)31)7-22(39)16-4-2-14(8-18(16)25(35,36)37)20(27)10-17(24(32,33)34)13-3-5-19(26)21(28)9-13/h2-5,8-10,12,17H,6-7,11H2,1H3/b20-10-/t12-,17?/m1/s1. The van der Waals surface area contributed by atoms with Crippen LogP contribution in [0.1, 0.15) is 59.2 Å². The van der Waals surface area contributed by atoms with Gasteiger partial charge in [0.2, 0.25) is 0 Å². The van der Waals surface area contributed by atoms with Gasteiger partial charge in [-0.15, -0.1) is 0 Å². The summed E-state index contributed by atoms with van der Waals surface area (Å²) in [6.45, 7) is 1.17. The number of allylic oxidation sites excluding steroid dienone is 1. The second-order valence-electron chi connectivity index (χ2n) is 8.73. The van der Waals surface area contributed by atoms with E-state index < -0.39 is 100 Å². The van der Waals surface area contributed by atoms with Crippen LogP contribution in [0.3, 0.4) is 0 Å². The molecule has 0 aliphatic carbocycles. The highest BCUT2D eigenvalue weighted by Gasteiger charge is 2.41. The fourth-order valence-electron chi connectivity index (χ4n) is 3.68. The molecule has 0 N–H and O–H groups in total. The molecule has 0 aromatic heterocycles. The number of rotatable bonds is 9. The topological polar surface area (TPSA) is 34.1 Å². The van der Waals surface area contributed by atoms with Crippen molar-refractivity contribution in [2.24, 2.45) is 5.92 Å². The molecule has 0 spiro atoms. The van der Waals surface area contributed by atoms with Crippen LogP contribution in [0.15, 0.2) is 42.5 Å². The average molecular weight is 595 g/mol. The number of alkyl halides is 9. The minimum absolute atomic E-state index is 0.0615. The molecule has 214 valence electrons. The molecule has 0 radical (unpaired) electrons. The van der Waals surface area contributed by atoms with Crippen molar-refractivity contribution in [3.05, 3.63) is 75.6 Å². The van der Waals surface area contributed by atoms with Crippen LogP contribution in [-0.2, 0) is 11.0 Å². The summed E-state index contributed by atoms with van der Waals surface area (Å²) >= 11 is 5.44. The molecule has 2 nitrogen and oxygen atoms in total. The largest absolute Gasteiger partial charge is 0.417 e. The maximum atomic E-state index is 14.8. The SMILES string of the molecule is C[C@H](CC(=O)CC(F)(F)F)CC(=O)c1ccc(/C(F)=C/C(c2ccc(Cl)c(F)c2)C(F)(F)F)cc1C(F)(F)F. The zero-order chi connectivity index (χ0) is 29.9. The molecule has 0 aliphatic rings. The minimum atomic E-state index is -5.28. The third-order valence-electron chi connectivity index (χ3n) is 5.38. The van der Waals surface area contributed by atoms with Crippen molar-refractivity contribution >= 4 is 29.0 Å². The van der Waals surface area contributed by atoms with Crippen LogP contribution < -0.4 is 0 Å². The number of Topliss-reactive ketones (excluding diaryl/α,β-unsaturated/α-hetero) is 2. The number of ketones is 2. The van der Waals surface area contributed by atoms with E-state index in [1.165, 1.54) is 6.92 Å². The molecule has 1 unspecified atom stereocenters. The summed E-state index contributed by atoms with van der Waals surface area (Å²) in [6, 6.07) is 3.18. The monoisotopic (exact) mass is 594 g/mol. The lowest BCUT2D eigenvalue weighted by atomic mass is 9.91. The van der Waals surface area contributed by atoms with Crippen molar-refractivity contribution in [1.82, 2.24) is 0 Å². The molecular formula is C25H18ClF11O2. The maximum absolute atomic E-state index is 14.8. The van der Waals surface area contributed by atoms with E-state index in [9.17, 15) is 57.9 Å². The van der Waals surface area contributed by atoms with Crippen molar-refractivity contribution in [3.8, 4) is 0 Å². The molecule has 0 saturated carbocycles. The first-order valence-electron chi connectivity index (χ1n) is 10.9. The third kappa shape index (κ3) is 9.33. The smallest absolute Gasteiger partial charge is 0.299 e. The minimum Gasteiger partial charge on any atom is -0.299 e. The van der Waals surface area contributed by atoms with Crippen LogP contribution in [0.25, 0.3) is 5.83 Å². The van der Waals surface area contributed by atoms with E-state index in [-0.39, 0.29) is 12.1 Å². The second kappa shape index (κ2) is 12.1. The van der Waals surface area contributed by atoms with Gasteiger partial charge in [0.25, 0.3) is 0 Å². The predicted molar refractivity (Wildman–Crippen MR) is 119 cm³/mol. The van der Waals surface area contributed by atoms with Gasteiger partial charge in [0.05, 0.1) is 10.6 Å². The number of carbonyl (C=O) groups excluding carboxylic acids is 2. The predicted octanol–water partition coefficient (Wildman–Crippen LogP) is 9.27. The number of carbonyl (C=O) groups is 2. The summed E-state index contributed by atoms with van der Waals surface area (Å²) in [5.74, 6) is -9.35. The average Bonchev–Trinajstić information content (AvgIpc) is 2.76. The molecule has 2 atom stereocenters. The van der Waals surface area contributed by atoms with E-state index >= 15 is 0 Å². The molecule has 14 heteroatoms. The molecule has 2 rings (SSSR count). The van der Waals surface area contributed by atoms with Gasteiger partial charge in [-0.25, -0.2) is 8.78 Å². The van der Waals surface area contributed by atoms with Gasteiger partial charge in [0, 0.05) is 24.0 Å². The van der Waals surface area contributed by atoms with Gasteiger partial charge in [0.15, 0.2) is 5.78 Å². The number of benzene rings is 2. The Bertz CT molecular complexity index is 1240. The van der Waals surface area contributed by atoms with Crippen LogP contribution in [0.2, 0.25) is 5.02 Å². The number of hydrogen-bond acceptors (Lipinski definition) is 2. The maximum Gasteiger partial charge on any atom is 0.417 e. The molecular weight excluding hydrogens is 577 g/mol. The quantitative estimate of drug-likeness (QED) is 0.214. The van der Waals surface area contributed by atoms with E-state index in [0.717, 1.165) is 12.1 Å². The van der Waals surface area contributed by atoms with E-state index in [4.69, 9.17) is 11.6 Å². The summed E-state index contributed by atoms with van der Waals surface area (Å²) in [5, 5.41) is -0.516. The highest BCUT2D eigenvalue weighted by atomic mass is 35.5. The molecule has 0 heterocycles. The lowest BCUT2D eigenvalue weighted by Crippen LogP contribution is -2.20. The van der Waals surface area contributed by atoms with Gasteiger partial charge in [-0.2, -0.15) is 39.5 Å². The lowest BCUT2D eigenvalue weighted by Gasteiger charge is -2.19. The first kappa shape index (κ1) is 32.3. The van der Waals surface area contributed by atoms with Crippen LogP contribution in [0, 0.1) is 11.7 Å². The number of halogens is 12. The van der Waals surface area contributed by atoms with Gasteiger partial charge in [0.1, 0.15) is 29.8 Å². The van der Waals surface area contributed by atoms with E-state index in [2.05, 4.69) is 0 Å². The third-order valence-corrected chi connectivity index (χ3v) is 5.68. The normalized spacial score (nSPS) is 14.7. The van der Waals surface area contributed by atoms with Crippen molar-refractivity contribution in [3.63, 3.8) is 0 Å². The molecule has 0 amide bonds. The summed E-state index contributed by atoms with van der Waals surface area (Å²) in [6.07, 6.45) is -18.6. The summed E-state index contributed by atoms with van der Waals surface area (Å²) in [7, 11) is 0. The van der Waals surface area contributed by atoms with Crippen molar-refractivity contribution in [2.45, 2.75) is 50.6 Å². The zero-order valence-electron chi connectivity index (χ0n) is 19.7. The van der Waals surface area contributed by atoms with Crippen LogP contribution in [-0.4, -0.2) is 23.9 Å². The van der Waals surface area contributed by atoms with E-state index in [1.54, 1.807) is 0 Å². The summed E-state index contributed by atoms with van der Waals surface area (Å²) in [4.78, 5) is 23.9. The Hall–Kier alpha value is -2.96. The molecule has 39 heavy (non-hydrogen) atoms. The van der Waals surface area contributed by atoms with Gasteiger partial charge in [-0.1, -0.05) is 36.7 Å². The highest BCUT2D eigenvalue weighted by Crippen LogP contribution is 2.40. The van der Waals surface area contributed by atoms with Crippen LogP contribution >= 0.6 is 11.6 Å². The molecule has 0 fully saturated rings. The highest BCUT2D eigenvalue weighted by molar-refractivity contribution is 6.30. The Morgan fingerprint density at radius 3 is 2.05 bits per heavy atom. The Labute approximate surface area is 219 Å². The summed E-state index contributed by atoms with van der Waals surface area (Å²) in [5.41, 5.74) is -4.47. The van der Waals surface area contributed by atoms with E-state index in [1.807, 2.05) is 0 Å². The van der Waals surface area contributed by atoms with Crippen LogP contribution in [0.5, 0.6) is 0 Å². The van der Waals surface area contributed by atoms with Crippen molar-refractivity contribution in [2.75, 3.05) is 0 Å². The van der Waals surface area contributed by atoms with Gasteiger partial charge in [-0.05, 0) is 35.8 Å². The Morgan fingerprint density at radius 1 is 0.923 bits per heavy atom. The molecule has 0 bridgehead atoms. The zero-order valence-corrected chi connectivity index (χ0v) is 20.4. The lowest BCUT2D eigenvalue weighted by molar-refractivity contribution is -0.152. The van der Waals surface area contributed by atoms with Crippen LogP contribution in [0.4, 0.5) is 48.3 Å². The Kier molecular flexibility index (Phi) is 9.97. The van der Waals surface area contributed by atoms with Gasteiger partial charge >= 0.3 is 18.5 Å². The Morgan fingerprint density at radius 2 is 1.54 bits per heavy atom. The molecule has 0 aliphatic heterocycles. The van der Waals surface area contributed by atoms with Gasteiger partial charge < -0.3 is 0 Å². The van der Waals surface area contributed by atoms with E-state index in [0.29, 0.717) is 18.2 Å². The summed E-state index contributed by atoms with van der Waals surface area (Å²) < 4.78 is 147. The second-order valence-corrected chi connectivity index (χ2v) is 9.14. The molecule has 2 aromatic carbocycles. The fourth-order valence-corrected chi connectivity index (χ4v) is 3.80. The number of hydrogen-bond donors (Lipinski definition) is 0. The molecule has 2 aromatic rings. The Balaban J connectivity index is 2.40. The van der Waals surface area contributed by atoms with Crippen molar-refractivity contribution in [1.29, 1.82) is 0 Å². The van der Waals surface area contributed by atoms with Gasteiger partial charge in [-0.3, -0.25) is 9.59 Å². The van der Waals surface area contributed by atoms with Crippen molar-refractivity contribution < 1.29 is 57.9 Å². The molecule has 0 saturated heterocycles. The first-order valence-corrected chi connectivity index (χ1v) is 11.3. The fraction of sp³-hybridized carbons (Fsp3) is 0.360. The first-order chi connectivity index (χ1) is 17.7.